The Bertz CT molecular complexity index is 1130. The zero-order valence-electron chi connectivity index (χ0n) is 20.6. The Kier molecular flexibility index (Phi) is 6.98. The van der Waals surface area contributed by atoms with Crippen molar-refractivity contribution in [2.75, 3.05) is 26.4 Å². The van der Waals surface area contributed by atoms with E-state index in [4.69, 9.17) is 19.7 Å². The molecule has 1 fully saturated rings. The lowest BCUT2D eigenvalue weighted by molar-refractivity contribution is 0.0159. The van der Waals surface area contributed by atoms with Crippen LogP contribution in [0.15, 0.2) is 24.3 Å². The fraction of sp³-hybridized carbons (Fsp3) is 0.538. The van der Waals surface area contributed by atoms with Crippen LogP contribution in [0, 0.1) is 10.8 Å². The van der Waals surface area contributed by atoms with Gasteiger partial charge in [-0.05, 0) is 49.8 Å². The van der Waals surface area contributed by atoms with Crippen molar-refractivity contribution in [3.8, 4) is 0 Å². The summed E-state index contributed by atoms with van der Waals surface area (Å²) in [5.74, 6) is -1.76. The average molecular weight is 484 g/mol. The molecule has 0 bridgehead atoms. The quantitative estimate of drug-likeness (QED) is 0.581. The third kappa shape index (κ3) is 5.40. The number of nitrogens with zero attached hydrogens (tertiary/aromatic N) is 2. The maximum atomic E-state index is 13.0. The summed E-state index contributed by atoms with van der Waals surface area (Å²) in [5, 5.41) is 17.1. The summed E-state index contributed by atoms with van der Waals surface area (Å²) in [6.45, 7) is 8.67. The van der Waals surface area contributed by atoms with Gasteiger partial charge in [-0.15, -0.1) is 0 Å². The molecule has 9 heteroatoms. The highest BCUT2D eigenvalue weighted by atomic mass is 16.5. The molecule has 1 aromatic carbocycles. The molecule has 0 atom stereocenters. The maximum absolute atomic E-state index is 13.0. The lowest BCUT2D eigenvalue weighted by Gasteiger charge is -2.36. The van der Waals surface area contributed by atoms with Gasteiger partial charge >= 0.3 is 11.9 Å². The third-order valence-electron chi connectivity index (χ3n) is 6.96. The van der Waals surface area contributed by atoms with Crippen LogP contribution >= 0.6 is 0 Å². The second-order valence-electron chi connectivity index (χ2n) is 10.4. The minimum atomic E-state index is -1.10. The fourth-order valence-electron chi connectivity index (χ4n) is 4.93. The first kappa shape index (κ1) is 24.9. The molecule has 0 radical (unpaired) electrons. The monoisotopic (exact) mass is 483 g/mol. The molecule has 0 unspecified atom stereocenters. The van der Waals surface area contributed by atoms with Gasteiger partial charge in [0.15, 0.2) is 0 Å². The highest BCUT2D eigenvalue weighted by molar-refractivity contribution is 5.95. The van der Waals surface area contributed by atoms with Crippen LogP contribution in [0.5, 0.6) is 0 Å². The SMILES string of the molecule is CCn1nc(CC(C)(C)COC(=O)c2cccc(C(=O)O)c2)c2c1C(=O)NCC1(CCOCC1)C2. The number of aromatic carboxylic acids is 1. The van der Waals surface area contributed by atoms with Gasteiger partial charge in [0.25, 0.3) is 5.91 Å². The highest BCUT2D eigenvalue weighted by Crippen LogP contribution is 2.38. The van der Waals surface area contributed by atoms with Gasteiger partial charge in [-0.25, -0.2) is 9.59 Å². The molecule has 1 spiro atoms. The van der Waals surface area contributed by atoms with Gasteiger partial charge < -0.3 is 19.9 Å². The molecular formula is C26H33N3O6. The maximum Gasteiger partial charge on any atom is 0.338 e. The number of aryl methyl sites for hydroxylation is 1. The number of benzene rings is 1. The number of esters is 1. The topological polar surface area (TPSA) is 120 Å². The fourth-order valence-corrected chi connectivity index (χ4v) is 4.93. The summed E-state index contributed by atoms with van der Waals surface area (Å²) >= 11 is 0. The Morgan fingerprint density at radius 2 is 1.97 bits per heavy atom. The number of carbonyl (C=O) groups is 3. The number of rotatable bonds is 7. The third-order valence-corrected chi connectivity index (χ3v) is 6.96. The van der Waals surface area contributed by atoms with Gasteiger partial charge in [-0.3, -0.25) is 9.48 Å². The van der Waals surface area contributed by atoms with E-state index in [9.17, 15) is 14.4 Å². The second kappa shape index (κ2) is 9.81. The standard InChI is InChI=1S/C26H33N3O6/c1-4-29-21-19(13-26(15-27-22(21)30)8-10-34-11-9-26)20(28-29)14-25(2,3)16-35-24(33)18-7-5-6-17(12-18)23(31)32/h5-7,12H,4,8-11,13-16H2,1-3H3,(H,27,30)(H,31,32). The van der Waals surface area contributed by atoms with Crippen LogP contribution in [0.4, 0.5) is 0 Å². The van der Waals surface area contributed by atoms with Crippen LogP contribution in [0.2, 0.25) is 0 Å². The summed E-state index contributed by atoms with van der Waals surface area (Å²) in [7, 11) is 0. The van der Waals surface area contributed by atoms with E-state index in [1.165, 1.54) is 24.3 Å². The molecule has 35 heavy (non-hydrogen) atoms. The summed E-state index contributed by atoms with van der Waals surface area (Å²) in [5.41, 5.74) is 2.21. The summed E-state index contributed by atoms with van der Waals surface area (Å²) in [6, 6.07) is 5.80. The molecule has 3 heterocycles. The normalized spacial score (nSPS) is 17.4. The van der Waals surface area contributed by atoms with Gasteiger partial charge in [0.2, 0.25) is 0 Å². The molecule has 4 rings (SSSR count). The Labute approximate surface area is 204 Å². The number of carbonyl (C=O) groups excluding carboxylic acids is 2. The molecule has 1 saturated heterocycles. The zero-order valence-corrected chi connectivity index (χ0v) is 20.6. The van der Waals surface area contributed by atoms with Crippen LogP contribution in [-0.4, -0.2) is 59.1 Å². The van der Waals surface area contributed by atoms with Crippen molar-refractivity contribution in [2.24, 2.45) is 10.8 Å². The van der Waals surface area contributed by atoms with E-state index in [0.29, 0.717) is 38.4 Å². The summed E-state index contributed by atoms with van der Waals surface area (Å²) < 4.78 is 12.9. The van der Waals surface area contributed by atoms with Crippen molar-refractivity contribution < 1.29 is 29.0 Å². The number of ether oxygens (including phenoxy) is 2. The van der Waals surface area contributed by atoms with Crippen molar-refractivity contribution in [2.45, 2.75) is 53.0 Å². The Morgan fingerprint density at radius 3 is 2.66 bits per heavy atom. The van der Waals surface area contributed by atoms with Crippen molar-refractivity contribution in [1.82, 2.24) is 15.1 Å². The van der Waals surface area contributed by atoms with Gasteiger partial charge in [-0.2, -0.15) is 5.10 Å². The van der Waals surface area contributed by atoms with E-state index in [0.717, 1.165) is 30.5 Å². The predicted molar refractivity (Wildman–Crippen MR) is 128 cm³/mol. The predicted octanol–water partition coefficient (Wildman–Crippen LogP) is 3.11. The molecule has 0 saturated carbocycles. The molecule has 1 amide bonds. The van der Waals surface area contributed by atoms with Crippen LogP contribution < -0.4 is 5.32 Å². The number of hydrogen-bond acceptors (Lipinski definition) is 6. The minimum Gasteiger partial charge on any atom is -0.478 e. The average Bonchev–Trinajstić information content (AvgIpc) is 3.10. The van der Waals surface area contributed by atoms with E-state index in [-0.39, 0.29) is 29.1 Å². The van der Waals surface area contributed by atoms with Crippen LogP contribution in [0.1, 0.15) is 76.1 Å². The number of carboxylic acid groups (broad SMARTS) is 1. The largest absolute Gasteiger partial charge is 0.478 e. The minimum absolute atomic E-state index is 0.0341. The van der Waals surface area contributed by atoms with E-state index >= 15 is 0 Å². The first-order valence-corrected chi connectivity index (χ1v) is 12.1. The first-order valence-electron chi connectivity index (χ1n) is 12.1. The molecule has 9 nitrogen and oxygen atoms in total. The van der Waals surface area contributed by atoms with E-state index < -0.39 is 17.4 Å². The second-order valence-corrected chi connectivity index (χ2v) is 10.4. The number of aromatic nitrogens is 2. The van der Waals surface area contributed by atoms with Gasteiger partial charge in [-0.1, -0.05) is 19.9 Å². The first-order chi connectivity index (χ1) is 16.6. The molecule has 2 N–H and O–H groups in total. The lowest BCUT2D eigenvalue weighted by atomic mass is 9.74. The molecule has 188 valence electrons. The molecule has 2 aliphatic rings. The van der Waals surface area contributed by atoms with Crippen molar-refractivity contribution in [3.63, 3.8) is 0 Å². The number of carboxylic acids is 1. The van der Waals surface area contributed by atoms with E-state index in [1.54, 1.807) is 4.68 Å². The van der Waals surface area contributed by atoms with Crippen LogP contribution in [0.3, 0.4) is 0 Å². The molecule has 1 aromatic heterocycles. The Morgan fingerprint density at radius 1 is 1.26 bits per heavy atom. The molecule has 2 aromatic rings. The summed E-state index contributed by atoms with van der Waals surface area (Å²) in [4.78, 5) is 36.8. The highest BCUT2D eigenvalue weighted by Gasteiger charge is 2.40. The molecular weight excluding hydrogens is 450 g/mol. The van der Waals surface area contributed by atoms with E-state index in [2.05, 4.69) is 5.32 Å². The van der Waals surface area contributed by atoms with Crippen molar-refractivity contribution >= 4 is 17.8 Å². The van der Waals surface area contributed by atoms with E-state index in [1.807, 2.05) is 20.8 Å². The number of hydrogen-bond donors (Lipinski definition) is 2. The number of fused-ring (bicyclic) bond motifs is 1. The van der Waals surface area contributed by atoms with Crippen molar-refractivity contribution in [3.05, 3.63) is 52.3 Å². The summed E-state index contributed by atoms with van der Waals surface area (Å²) in [6.07, 6.45) is 3.07. The Hall–Kier alpha value is -3.20. The number of nitrogens with one attached hydrogen (secondary N) is 1. The van der Waals surface area contributed by atoms with Crippen LogP contribution in [0.25, 0.3) is 0 Å². The molecule has 0 aliphatic carbocycles. The van der Waals surface area contributed by atoms with Gasteiger partial charge in [0.1, 0.15) is 5.69 Å². The number of amides is 1. The zero-order chi connectivity index (χ0) is 25.2. The van der Waals surface area contributed by atoms with Gasteiger partial charge in [0.05, 0.1) is 23.4 Å². The smallest absolute Gasteiger partial charge is 0.338 e. The Balaban J connectivity index is 1.53. The van der Waals surface area contributed by atoms with Crippen LogP contribution in [-0.2, 0) is 28.9 Å². The van der Waals surface area contributed by atoms with Gasteiger partial charge in [0, 0.05) is 43.7 Å². The lowest BCUT2D eigenvalue weighted by Crippen LogP contribution is -2.40. The molecule has 2 aliphatic heterocycles. The van der Waals surface area contributed by atoms with Crippen molar-refractivity contribution in [1.29, 1.82) is 0 Å².